The number of aromatic nitrogens is 2. The second-order valence-corrected chi connectivity index (χ2v) is 4.16. The Morgan fingerprint density at radius 1 is 1.38 bits per heavy atom. The Balaban J connectivity index is 2.28. The quantitative estimate of drug-likeness (QED) is 0.522. The molecule has 0 amide bonds. The maximum Gasteiger partial charge on any atom is 0.358 e. The molecule has 0 unspecified atom stereocenters. The van der Waals surface area contributed by atoms with Crippen LogP contribution in [0.25, 0.3) is 0 Å². The van der Waals surface area contributed by atoms with E-state index >= 15 is 0 Å². The van der Waals surface area contributed by atoms with E-state index in [9.17, 15) is 14.9 Å². The first-order valence-corrected chi connectivity index (χ1v) is 5.93. The predicted octanol–water partition coefficient (Wildman–Crippen LogP) is 2.22. The highest BCUT2D eigenvalue weighted by atomic mass is 16.6. The summed E-state index contributed by atoms with van der Waals surface area (Å²) in [4.78, 5) is 29.7. The average Bonchev–Trinajstić information content (AvgIpc) is 2.48. The SMILES string of the molecule is COC(=O)c1cncc(Nc2ccc(C)c([N+](=O)[O-])c2)n1. The first-order valence-electron chi connectivity index (χ1n) is 5.93. The van der Waals surface area contributed by atoms with Gasteiger partial charge < -0.3 is 10.1 Å². The number of carbonyl (C=O) groups is 1. The molecule has 1 aromatic carbocycles. The monoisotopic (exact) mass is 288 g/mol. The molecule has 2 rings (SSSR count). The molecule has 0 atom stereocenters. The molecule has 8 nitrogen and oxygen atoms in total. The van der Waals surface area contributed by atoms with E-state index in [1.54, 1.807) is 19.1 Å². The molecule has 0 radical (unpaired) electrons. The van der Waals surface area contributed by atoms with Crippen molar-refractivity contribution in [2.24, 2.45) is 0 Å². The van der Waals surface area contributed by atoms with E-state index in [1.807, 2.05) is 0 Å². The minimum absolute atomic E-state index is 0.00270. The molecular weight excluding hydrogens is 276 g/mol. The van der Waals surface area contributed by atoms with Crippen molar-refractivity contribution in [1.29, 1.82) is 0 Å². The van der Waals surface area contributed by atoms with Crippen molar-refractivity contribution in [3.63, 3.8) is 0 Å². The van der Waals surface area contributed by atoms with Gasteiger partial charge in [0.25, 0.3) is 5.69 Å². The Labute approximate surface area is 120 Å². The molecule has 0 saturated heterocycles. The molecule has 1 aromatic heterocycles. The van der Waals surface area contributed by atoms with Crippen LogP contribution < -0.4 is 5.32 Å². The van der Waals surface area contributed by atoms with Gasteiger partial charge in [-0.1, -0.05) is 6.07 Å². The van der Waals surface area contributed by atoms with E-state index in [0.717, 1.165) is 0 Å². The number of hydrogen-bond acceptors (Lipinski definition) is 7. The molecule has 0 saturated carbocycles. The number of nitro groups is 1. The van der Waals surface area contributed by atoms with Crippen molar-refractivity contribution in [3.05, 3.63) is 52.0 Å². The largest absolute Gasteiger partial charge is 0.464 e. The second kappa shape index (κ2) is 5.95. The van der Waals surface area contributed by atoms with E-state index in [0.29, 0.717) is 11.3 Å². The number of ether oxygens (including phenoxy) is 1. The van der Waals surface area contributed by atoms with Gasteiger partial charge in [-0.05, 0) is 13.0 Å². The topological polar surface area (TPSA) is 107 Å². The summed E-state index contributed by atoms with van der Waals surface area (Å²) in [5.41, 5.74) is 1.07. The fourth-order valence-corrected chi connectivity index (χ4v) is 1.66. The lowest BCUT2D eigenvalue weighted by atomic mass is 10.2. The maximum atomic E-state index is 11.4. The third-order valence-corrected chi connectivity index (χ3v) is 2.71. The van der Waals surface area contributed by atoms with Crippen molar-refractivity contribution in [3.8, 4) is 0 Å². The van der Waals surface area contributed by atoms with Gasteiger partial charge in [0.1, 0.15) is 5.82 Å². The van der Waals surface area contributed by atoms with Gasteiger partial charge in [0.05, 0.1) is 24.4 Å². The normalized spacial score (nSPS) is 10.0. The van der Waals surface area contributed by atoms with Crippen LogP contribution in [0.2, 0.25) is 0 Å². The Morgan fingerprint density at radius 2 is 2.14 bits per heavy atom. The predicted molar refractivity (Wildman–Crippen MR) is 74.5 cm³/mol. The standard InChI is InChI=1S/C13H12N4O4/c1-8-3-4-9(5-11(8)17(19)20)15-12-7-14-6-10(16-12)13(18)21-2/h3-7H,1-2H3,(H,15,16). The number of nitrogens with zero attached hydrogens (tertiary/aromatic N) is 3. The summed E-state index contributed by atoms with van der Waals surface area (Å²) in [5, 5.41) is 13.8. The Kier molecular flexibility index (Phi) is 4.07. The van der Waals surface area contributed by atoms with Crippen LogP contribution in [0.4, 0.5) is 17.2 Å². The Bertz CT molecular complexity index is 702. The van der Waals surface area contributed by atoms with Crippen LogP contribution in [0.15, 0.2) is 30.6 Å². The van der Waals surface area contributed by atoms with Crippen molar-refractivity contribution >= 4 is 23.2 Å². The fourth-order valence-electron chi connectivity index (χ4n) is 1.66. The van der Waals surface area contributed by atoms with E-state index < -0.39 is 10.9 Å². The number of esters is 1. The smallest absolute Gasteiger partial charge is 0.358 e. The van der Waals surface area contributed by atoms with Gasteiger partial charge in [-0.15, -0.1) is 0 Å². The van der Waals surface area contributed by atoms with Gasteiger partial charge >= 0.3 is 5.97 Å². The number of carbonyl (C=O) groups excluding carboxylic acids is 1. The maximum absolute atomic E-state index is 11.4. The Morgan fingerprint density at radius 3 is 2.81 bits per heavy atom. The summed E-state index contributed by atoms with van der Waals surface area (Å²) in [6.07, 6.45) is 2.67. The molecule has 0 spiro atoms. The molecule has 108 valence electrons. The van der Waals surface area contributed by atoms with Crippen LogP contribution in [0.1, 0.15) is 16.1 Å². The van der Waals surface area contributed by atoms with E-state index in [1.165, 1.54) is 25.6 Å². The van der Waals surface area contributed by atoms with E-state index in [-0.39, 0.29) is 17.2 Å². The molecule has 0 aliphatic rings. The zero-order valence-corrected chi connectivity index (χ0v) is 11.4. The first kappa shape index (κ1) is 14.4. The summed E-state index contributed by atoms with van der Waals surface area (Å²) < 4.78 is 4.55. The van der Waals surface area contributed by atoms with Crippen LogP contribution in [0, 0.1) is 17.0 Å². The number of rotatable bonds is 4. The van der Waals surface area contributed by atoms with Gasteiger partial charge in [0.15, 0.2) is 5.69 Å². The number of hydrogen-bond donors (Lipinski definition) is 1. The first-order chi connectivity index (χ1) is 10.0. The summed E-state index contributed by atoms with van der Waals surface area (Å²) in [6.45, 7) is 1.65. The van der Waals surface area contributed by atoms with Gasteiger partial charge in [-0.3, -0.25) is 15.1 Å². The highest BCUT2D eigenvalue weighted by Crippen LogP contribution is 2.24. The number of nitrogens with one attached hydrogen (secondary N) is 1. The highest BCUT2D eigenvalue weighted by Gasteiger charge is 2.12. The van der Waals surface area contributed by atoms with Gasteiger partial charge in [0, 0.05) is 17.3 Å². The second-order valence-electron chi connectivity index (χ2n) is 4.16. The summed E-state index contributed by atoms with van der Waals surface area (Å²) in [6, 6.07) is 4.69. The van der Waals surface area contributed by atoms with Crippen LogP contribution in [-0.4, -0.2) is 28.0 Å². The number of nitro benzene ring substituents is 1. The minimum Gasteiger partial charge on any atom is -0.464 e. The summed E-state index contributed by atoms with van der Waals surface area (Å²) in [7, 11) is 1.24. The zero-order valence-electron chi connectivity index (χ0n) is 11.4. The van der Waals surface area contributed by atoms with Crippen LogP contribution in [0.3, 0.4) is 0 Å². The number of methoxy groups -OCH3 is 1. The lowest BCUT2D eigenvalue weighted by molar-refractivity contribution is -0.385. The van der Waals surface area contributed by atoms with Crippen LogP contribution in [0.5, 0.6) is 0 Å². The van der Waals surface area contributed by atoms with Crippen LogP contribution >= 0.6 is 0 Å². The summed E-state index contributed by atoms with van der Waals surface area (Å²) in [5.74, 6) is -0.322. The molecule has 0 fully saturated rings. The van der Waals surface area contributed by atoms with Gasteiger partial charge in [-0.2, -0.15) is 0 Å². The lowest BCUT2D eigenvalue weighted by Crippen LogP contribution is -2.06. The zero-order chi connectivity index (χ0) is 15.4. The van der Waals surface area contributed by atoms with Gasteiger partial charge in [-0.25, -0.2) is 9.78 Å². The molecule has 8 heteroatoms. The number of benzene rings is 1. The van der Waals surface area contributed by atoms with Crippen molar-refractivity contribution in [2.45, 2.75) is 6.92 Å². The molecule has 2 aromatic rings. The fraction of sp³-hybridized carbons (Fsp3) is 0.154. The van der Waals surface area contributed by atoms with Crippen molar-refractivity contribution < 1.29 is 14.5 Å². The van der Waals surface area contributed by atoms with Gasteiger partial charge in [0.2, 0.25) is 0 Å². The average molecular weight is 288 g/mol. The molecule has 0 aliphatic carbocycles. The van der Waals surface area contributed by atoms with Crippen molar-refractivity contribution in [1.82, 2.24) is 9.97 Å². The Hall–Kier alpha value is -3.03. The minimum atomic E-state index is -0.610. The lowest BCUT2D eigenvalue weighted by Gasteiger charge is -2.07. The van der Waals surface area contributed by atoms with E-state index in [4.69, 9.17) is 0 Å². The van der Waals surface area contributed by atoms with Crippen molar-refractivity contribution in [2.75, 3.05) is 12.4 Å². The highest BCUT2D eigenvalue weighted by molar-refractivity contribution is 5.87. The molecule has 21 heavy (non-hydrogen) atoms. The van der Waals surface area contributed by atoms with E-state index in [2.05, 4.69) is 20.0 Å². The molecular formula is C13H12N4O4. The van der Waals surface area contributed by atoms with Crippen LogP contribution in [-0.2, 0) is 4.74 Å². The molecule has 1 N–H and O–H groups in total. The molecule has 0 bridgehead atoms. The third-order valence-electron chi connectivity index (χ3n) is 2.71. The third kappa shape index (κ3) is 3.30. The molecule has 0 aliphatic heterocycles. The number of anilines is 2. The number of aryl methyl sites for hydroxylation is 1. The molecule has 1 heterocycles. The summed E-state index contributed by atoms with van der Waals surface area (Å²) >= 11 is 0.